The van der Waals surface area contributed by atoms with Crippen molar-refractivity contribution >= 4 is 10.8 Å². The van der Waals surface area contributed by atoms with E-state index < -0.39 is 6.10 Å². The average molecular weight is 277 g/mol. The summed E-state index contributed by atoms with van der Waals surface area (Å²) in [5.41, 5.74) is 2.13. The summed E-state index contributed by atoms with van der Waals surface area (Å²) in [6, 6.07) is 18.3. The Morgan fingerprint density at radius 2 is 1.81 bits per heavy atom. The van der Waals surface area contributed by atoms with Gasteiger partial charge in [-0.3, -0.25) is 4.98 Å². The fraction of sp³-hybridized carbons (Fsp3) is 0.211. The van der Waals surface area contributed by atoms with Gasteiger partial charge in [0.25, 0.3) is 0 Å². The molecule has 2 unspecified atom stereocenters. The van der Waals surface area contributed by atoms with Gasteiger partial charge in [-0.15, -0.1) is 0 Å². The van der Waals surface area contributed by atoms with Crippen LogP contribution in [0.25, 0.3) is 10.8 Å². The lowest BCUT2D eigenvalue weighted by Crippen LogP contribution is -2.10. The zero-order valence-corrected chi connectivity index (χ0v) is 12.1. The summed E-state index contributed by atoms with van der Waals surface area (Å²) in [4.78, 5) is 4.20. The topological polar surface area (TPSA) is 33.1 Å². The van der Waals surface area contributed by atoms with Gasteiger partial charge in [0.05, 0.1) is 6.10 Å². The van der Waals surface area contributed by atoms with Gasteiger partial charge in [0.2, 0.25) is 0 Å². The molecule has 106 valence electrons. The van der Waals surface area contributed by atoms with Crippen molar-refractivity contribution in [2.24, 2.45) is 0 Å². The Morgan fingerprint density at radius 3 is 2.57 bits per heavy atom. The number of rotatable bonds is 4. The molecule has 21 heavy (non-hydrogen) atoms. The number of aromatic nitrogens is 1. The average Bonchev–Trinajstić information content (AvgIpc) is 2.56. The summed E-state index contributed by atoms with van der Waals surface area (Å²) in [6.07, 6.45) is 3.99. The molecule has 3 aromatic rings. The quantitative estimate of drug-likeness (QED) is 0.763. The molecule has 2 atom stereocenters. The van der Waals surface area contributed by atoms with Crippen LogP contribution in [-0.4, -0.2) is 10.1 Å². The molecule has 0 aliphatic carbocycles. The van der Waals surface area contributed by atoms with E-state index in [2.05, 4.69) is 30.1 Å². The first-order valence-corrected chi connectivity index (χ1v) is 7.37. The number of pyridine rings is 1. The highest BCUT2D eigenvalue weighted by atomic mass is 16.3. The highest BCUT2D eigenvalue weighted by Gasteiger charge is 2.22. The summed E-state index contributed by atoms with van der Waals surface area (Å²) < 4.78 is 0. The molecule has 1 aromatic heterocycles. The van der Waals surface area contributed by atoms with Crippen molar-refractivity contribution in [2.75, 3.05) is 0 Å². The predicted molar refractivity (Wildman–Crippen MR) is 86.2 cm³/mol. The molecule has 1 heterocycles. The fourth-order valence-corrected chi connectivity index (χ4v) is 2.95. The van der Waals surface area contributed by atoms with Crippen molar-refractivity contribution in [3.8, 4) is 0 Å². The molecule has 0 aliphatic heterocycles. The zero-order chi connectivity index (χ0) is 14.7. The molecule has 0 saturated heterocycles. The van der Waals surface area contributed by atoms with Crippen LogP contribution in [-0.2, 0) is 0 Å². The molecule has 0 aliphatic rings. The Labute approximate surface area is 125 Å². The predicted octanol–water partition coefficient (Wildman–Crippen LogP) is 4.46. The highest BCUT2D eigenvalue weighted by Crippen LogP contribution is 2.36. The number of nitrogens with zero attached hydrogens (tertiary/aromatic N) is 1. The van der Waals surface area contributed by atoms with Crippen LogP contribution in [0.3, 0.4) is 0 Å². The zero-order valence-electron chi connectivity index (χ0n) is 12.1. The normalized spacial score (nSPS) is 14.0. The number of aliphatic hydroxyl groups is 1. The molecule has 0 amide bonds. The molecular weight excluding hydrogens is 258 g/mol. The van der Waals surface area contributed by atoms with Crippen LogP contribution < -0.4 is 0 Å². The van der Waals surface area contributed by atoms with Crippen molar-refractivity contribution < 1.29 is 5.11 Å². The largest absolute Gasteiger partial charge is 0.388 e. The highest BCUT2D eigenvalue weighted by molar-refractivity contribution is 5.85. The third-order valence-corrected chi connectivity index (χ3v) is 4.08. The van der Waals surface area contributed by atoms with Crippen LogP contribution in [0.2, 0.25) is 0 Å². The third kappa shape index (κ3) is 2.67. The van der Waals surface area contributed by atoms with Crippen molar-refractivity contribution in [1.82, 2.24) is 4.98 Å². The monoisotopic (exact) mass is 277 g/mol. The maximum Gasteiger partial charge on any atom is 0.0864 e. The van der Waals surface area contributed by atoms with Gasteiger partial charge in [-0.25, -0.2) is 0 Å². The van der Waals surface area contributed by atoms with Gasteiger partial charge in [0, 0.05) is 23.7 Å². The van der Waals surface area contributed by atoms with E-state index in [1.54, 1.807) is 6.20 Å². The van der Waals surface area contributed by atoms with Crippen LogP contribution in [0.1, 0.15) is 36.5 Å². The Morgan fingerprint density at radius 1 is 1.00 bits per heavy atom. The lowest BCUT2D eigenvalue weighted by atomic mass is 9.86. The van der Waals surface area contributed by atoms with E-state index in [0.717, 1.165) is 22.8 Å². The first-order valence-electron chi connectivity index (χ1n) is 7.37. The summed E-state index contributed by atoms with van der Waals surface area (Å²) in [7, 11) is 0. The molecule has 3 rings (SSSR count). The first-order chi connectivity index (χ1) is 10.3. The molecule has 0 spiro atoms. The van der Waals surface area contributed by atoms with E-state index in [4.69, 9.17) is 0 Å². The number of hydrogen-bond acceptors (Lipinski definition) is 2. The smallest absolute Gasteiger partial charge is 0.0864 e. The van der Waals surface area contributed by atoms with Gasteiger partial charge in [-0.1, -0.05) is 55.5 Å². The molecular formula is C19H19NO. The third-order valence-electron chi connectivity index (χ3n) is 4.08. The number of aliphatic hydroxyl groups excluding tert-OH is 1. The lowest BCUT2D eigenvalue weighted by molar-refractivity contribution is 0.144. The van der Waals surface area contributed by atoms with Crippen LogP contribution >= 0.6 is 0 Å². The number of fused-ring (bicyclic) bond motifs is 1. The van der Waals surface area contributed by atoms with Crippen molar-refractivity contribution in [3.05, 3.63) is 78.1 Å². The second-order valence-corrected chi connectivity index (χ2v) is 5.31. The van der Waals surface area contributed by atoms with Gasteiger partial charge in [0.15, 0.2) is 0 Å². The van der Waals surface area contributed by atoms with Crippen LogP contribution in [0.4, 0.5) is 0 Å². The van der Waals surface area contributed by atoms with E-state index in [1.165, 1.54) is 5.56 Å². The Hall–Kier alpha value is -2.19. The van der Waals surface area contributed by atoms with E-state index >= 15 is 0 Å². The van der Waals surface area contributed by atoms with Crippen LogP contribution in [0, 0.1) is 0 Å². The minimum atomic E-state index is -0.523. The fourth-order valence-electron chi connectivity index (χ4n) is 2.95. The van der Waals surface area contributed by atoms with E-state index in [0.29, 0.717) is 0 Å². The minimum absolute atomic E-state index is 0.0945. The summed E-state index contributed by atoms with van der Waals surface area (Å²) in [5, 5.41) is 13.0. The summed E-state index contributed by atoms with van der Waals surface area (Å²) >= 11 is 0. The van der Waals surface area contributed by atoms with Gasteiger partial charge in [-0.05, 0) is 29.0 Å². The maximum absolute atomic E-state index is 10.9. The van der Waals surface area contributed by atoms with E-state index in [-0.39, 0.29) is 5.92 Å². The molecule has 0 saturated carbocycles. The lowest BCUT2D eigenvalue weighted by Gasteiger charge is -2.23. The Bertz CT molecular complexity index is 718. The SMILES string of the molecule is CCC(c1ccccc1)C(O)c1cccc2ccncc12. The molecule has 0 fully saturated rings. The molecule has 0 radical (unpaired) electrons. The molecule has 2 nitrogen and oxygen atoms in total. The van der Waals surface area contributed by atoms with E-state index in [9.17, 15) is 5.11 Å². The van der Waals surface area contributed by atoms with Crippen LogP contribution in [0.15, 0.2) is 67.0 Å². The van der Waals surface area contributed by atoms with Crippen molar-refractivity contribution in [3.63, 3.8) is 0 Å². The standard InChI is InChI=1S/C19H19NO/c1-2-16(14-7-4-3-5-8-14)19(21)17-10-6-9-15-11-12-20-13-18(15)17/h3-13,16,19,21H,2H2,1H3. The van der Waals surface area contributed by atoms with Gasteiger partial charge in [0.1, 0.15) is 0 Å². The number of benzene rings is 2. The maximum atomic E-state index is 10.9. The van der Waals surface area contributed by atoms with Gasteiger partial charge in [-0.2, -0.15) is 0 Å². The van der Waals surface area contributed by atoms with Gasteiger partial charge >= 0.3 is 0 Å². The Kier molecular flexibility index (Phi) is 3.98. The van der Waals surface area contributed by atoms with E-state index in [1.807, 2.05) is 42.6 Å². The van der Waals surface area contributed by atoms with Crippen molar-refractivity contribution in [2.45, 2.75) is 25.4 Å². The molecule has 0 bridgehead atoms. The van der Waals surface area contributed by atoms with Crippen LogP contribution in [0.5, 0.6) is 0 Å². The second kappa shape index (κ2) is 6.06. The molecule has 2 aromatic carbocycles. The molecule has 2 heteroatoms. The number of hydrogen-bond donors (Lipinski definition) is 1. The summed E-state index contributed by atoms with van der Waals surface area (Å²) in [6.45, 7) is 2.12. The van der Waals surface area contributed by atoms with Crippen molar-refractivity contribution in [1.29, 1.82) is 0 Å². The second-order valence-electron chi connectivity index (χ2n) is 5.31. The minimum Gasteiger partial charge on any atom is -0.388 e. The van der Waals surface area contributed by atoms with Gasteiger partial charge < -0.3 is 5.11 Å². The first kappa shape index (κ1) is 13.8. The Balaban J connectivity index is 2.05. The molecule has 1 N–H and O–H groups in total. The summed E-state index contributed by atoms with van der Waals surface area (Å²) in [5.74, 6) is 0.0945.